The monoisotopic (exact) mass is 325 g/mol. The molecule has 4 rings (SSSR count). The van der Waals surface area contributed by atoms with Gasteiger partial charge in [0.05, 0.1) is 0 Å². The number of aromatic nitrogens is 3. The molecule has 6 nitrogen and oxygen atoms in total. The van der Waals surface area contributed by atoms with E-state index in [1.54, 1.807) is 35.4 Å². The Bertz CT molecular complexity index is 700. The van der Waals surface area contributed by atoms with Gasteiger partial charge in [-0.3, -0.25) is 9.36 Å². The lowest BCUT2D eigenvalue weighted by Gasteiger charge is -2.45. The first-order chi connectivity index (χ1) is 11.7. The summed E-state index contributed by atoms with van der Waals surface area (Å²) in [6.45, 7) is 0. The van der Waals surface area contributed by atoms with Crippen LogP contribution in [0.5, 0.6) is 0 Å². The number of hydrogen-bond acceptors (Lipinski definition) is 4. The van der Waals surface area contributed by atoms with Crippen molar-refractivity contribution in [3.63, 3.8) is 0 Å². The Labute approximate surface area is 141 Å². The van der Waals surface area contributed by atoms with E-state index in [4.69, 9.17) is 5.73 Å². The van der Waals surface area contributed by atoms with Crippen LogP contribution in [0.1, 0.15) is 42.5 Å². The Morgan fingerprint density at radius 2 is 2.04 bits per heavy atom. The average molecular weight is 325 g/mol. The Balaban J connectivity index is 1.51. The molecule has 2 unspecified atom stereocenters. The molecular weight excluding hydrogens is 302 g/mol. The molecule has 2 atom stereocenters. The van der Waals surface area contributed by atoms with E-state index in [1.165, 1.54) is 19.3 Å². The van der Waals surface area contributed by atoms with Gasteiger partial charge in [-0.25, -0.2) is 9.97 Å². The van der Waals surface area contributed by atoms with Gasteiger partial charge in [-0.2, -0.15) is 0 Å². The van der Waals surface area contributed by atoms with E-state index >= 15 is 0 Å². The van der Waals surface area contributed by atoms with E-state index in [9.17, 15) is 4.79 Å². The lowest BCUT2D eigenvalue weighted by molar-refractivity contribution is 0.0756. The van der Waals surface area contributed by atoms with E-state index in [2.05, 4.69) is 15.3 Å². The lowest BCUT2D eigenvalue weighted by Crippen LogP contribution is -2.53. The van der Waals surface area contributed by atoms with Crippen LogP contribution in [0.25, 0.3) is 5.82 Å². The van der Waals surface area contributed by atoms with E-state index in [1.807, 2.05) is 6.20 Å². The Morgan fingerprint density at radius 1 is 1.25 bits per heavy atom. The third kappa shape index (κ3) is 2.94. The first-order valence-corrected chi connectivity index (χ1v) is 8.71. The van der Waals surface area contributed by atoms with Gasteiger partial charge in [0.25, 0.3) is 5.91 Å². The van der Waals surface area contributed by atoms with Crippen LogP contribution in [0.3, 0.4) is 0 Å². The van der Waals surface area contributed by atoms with Crippen LogP contribution in [0, 0.1) is 11.8 Å². The van der Waals surface area contributed by atoms with Crippen molar-refractivity contribution in [2.45, 2.75) is 44.2 Å². The predicted molar refractivity (Wildman–Crippen MR) is 90.7 cm³/mol. The maximum atomic E-state index is 12.8. The minimum absolute atomic E-state index is 0.0175. The Hall–Kier alpha value is -2.21. The molecule has 2 aromatic rings. The molecule has 3 N–H and O–H groups in total. The maximum Gasteiger partial charge on any atom is 0.251 e. The summed E-state index contributed by atoms with van der Waals surface area (Å²) in [5.41, 5.74) is 6.81. The number of imidazole rings is 1. The molecule has 24 heavy (non-hydrogen) atoms. The molecular formula is C18H23N5O. The van der Waals surface area contributed by atoms with Crippen molar-refractivity contribution in [3.05, 3.63) is 42.6 Å². The van der Waals surface area contributed by atoms with Crippen LogP contribution in [-0.4, -0.2) is 32.5 Å². The van der Waals surface area contributed by atoms with Gasteiger partial charge in [-0.1, -0.05) is 6.42 Å². The molecule has 6 heteroatoms. The van der Waals surface area contributed by atoms with E-state index in [-0.39, 0.29) is 11.9 Å². The molecule has 2 heterocycles. The number of pyridine rings is 1. The maximum absolute atomic E-state index is 12.8. The number of rotatable bonds is 3. The molecule has 0 radical (unpaired) electrons. The zero-order valence-electron chi connectivity index (χ0n) is 13.6. The van der Waals surface area contributed by atoms with Crippen LogP contribution in [-0.2, 0) is 0 Å². The molecule has 0 saturated heterocycles. The third-order valence-electron chi connectivity index (χ3n) is 5.45. The normalized spacial score (nSPS) is 29.2. The number of nitrogens with two attached hydrogens (primary N) is 1. The fourth-order valence-electron chi connectivity index (χ4n) is 4.36. The summed E-state index contributed by atoms with van der Waals surface area (Å²) < 4.78 is 1.80. The zero-order valence-corrected chi connectivity index (χ0v) is 13.6. The minimum Gasteiger partial charge on any atom is -0.349 e. The smallest absolute Gasteiger partial charge is 0.251 e. The highest BCUT2D eigenvalue weighted by molar-refractivity contribution is 5.94. The molecule has 1 amide bonds. The first kappa shape index (κ1) is 15.3. The molecule has 2 aromatic heterocycles. The van der Waals surface area contributed by atoms with Crippen molar-refractivity contribution in [2.75, 3.05) is 0 Å². The van der Waals surface area contributed by atoms with Crippen LogP contribution in [0.4, 0.5) is 0 Å². The van der Waals surface area contributed by atoms with Gasteiger partial charge in [-0.05, 0) is 49.7 Å². The van der Waals surface area contributed by atoms with Crippen molar-refractivity contribution < 1.29 is 4.79 Å². The highest BCUT2D eigenvalue weighted by Gasteiger charge is 2.39. The summed E-state index contributed by atoms with van der Waals surface area (Å²) in [5, 5.41) is 3.28. The number of carbonyl (C=O) groups is 1. The van der Waals surface area contributed by atoms with Crippen LogP contribution < -0.4 is 11.1 Å². The summed E-state index contributed by atoms with van der Waals surface area (Å²) in [6, 6.07) is 4.12. The average Bonchev–Trinajstić information content (AvgIpc) is 3.10. The SMILES string of the molecule is NC1CC2CCCC(C1)C2NC(=O)c1ccnc(-n2ccnc2)c1. The number of nitrogens with zero attached hydrogens (tertiary/aromatic N) is 3. The van der Waals surface area contributed by atoms with E-state index in [0.717, 1.165) is 12.8 Å². The van der Waals surface area contributed by atoms with Crippen LogP contribution in [0.2, 0.25) is 0 Å². The van der Waals surface area contributed by atoms with Crippen molar-refractivity contribution in [3.8, 4) is 5.82 Å². The summed E-state index contributed by atoms with van der Waals surface area (Å²) in [4.78, 5) is 21.1. The molecule has 2 aliphatic rings. The van der Waals surface area contributed by atoms with Gasteiger partial charge >= 0.3 is 0 Å². The fourth-order valence-corrected chi connectivity index (χ4v) is 4.36. The summed E-state index contributed by atoms with van der Waals surface area (Å²) in [7, 11) is 0. The van der Waals surface area contributed by atoms with Crippen molar-refractivity contribution in [2.24, 2.45) is 17.6 Å². The molecule has 0 aromatic carbocycles. The number of hydrogen-bond donors (Lipinski definition) is 2. The molecule has 2 fully saturated rings. The molecule has 126 valence electrons. The zero-order chi connectivity index (χ0) is 16.5. The minimum atomic E-state index is -0.0175. The molecule has 2 saturated carbocycles. The fraction of sp³-hybridized carbons (Fsp3) is 0.500. The van der Waals surface area contributed by atoms with Crippen molar-refractivity contribution in [1.29, 1.82) is 0 Å². The second-order valence-electron chi connectivity index (χ2n) is 7.05. The molecule has 0 spiro atoms. The number of nitrogens with one attached hydrogen (secondary N) is 1. The van der Waals surface area contributed by atoms with E-state index in [0.29, 0.717) is 29.3 Å². The number of fused-ring (bicyclic) bond motifs is 2. The molecule has 2 aliphatic carbocycles. The third-order valence-corrected chi connectivity index (χ3v) is 5.45. The first-order valence-electron chi connectivity index (χ1n) is 8.71. The predicted octanol–water partition coefficient (Wildman–Crippen LogP) is 1.90. The van der Waals surface area contributed by atoms with Gasteiger partial charge in [-0.15, -0.1) is 0 Å². The van der Waals surface area contributed by atoms with Gasteiger partial charge in [0.2, 0.25) is 0 Å². The lowest BCUT2D eigenvalue weighted by atomic mass is 9.67. The van der Waals surface area contributed by atoms with Crippen LogP contribution >= 0.6 is 0 Å². The quantitative estimate of drug-likeness (QED) is 0.902. The van der Waals surface area contributed by atoms with Gasteiger partial charge in [0, 0.05) is 36.2 Å². The molecule has 0 aliphatic heterocycles. The van der Waals surface area contributed by atoms with Gasteiger partial charge < -0.3 is 11.1 Å². The second-order valence-corrected chi connectivity index (χ2v) is 7.05. The van der Waals surface area contributed by atoms with Gasteiger partial charge in [0.15, 0.2) is 0 Å². The van der Waals surface area contributed by atoms with Crippen LogP contribution in [0.15, 0.2) is 37.1 Å². The number of amides is 1. The second kappa shape index (κ2) is 6.36. The van der Waals surface area contributed by atoms with Crippen molar-refractivity contribution >= 4 is 5.91 Å². The van der Waals surface area contributed by atoms with Gasteiger partial charge in [0.1, 0.15) is 12.1 Å². The molecule has 2 bridgehead atoms. The summed E-state index contributed by atoms with van der Waals surface area (Å²) in [5.74, 6) is 1.72. The highest BCUT2D eigenvalue weighted by Crippen LogP contribution is 2.39. The standard InChI is InChI=1S/C18H23N5O/c19-15-8-12-2-1-3-13(9-15)17(12)22-18(24)14-4-5-21-16(10-14)23-7-6-20-11-23/h4-7,10-13,15,17H,1-3,8-9,19H2,(H,22,24). The summed E-state index contributed by atoms with van der Waals surface area (Å²) in [6.07, 6.45) is 12.5. The topological polar surface area (TPSA) is 85.8 Å². The van der Waals surface area contributed by atoms with E-state index < -0.39 is 0 Å². The number of carbonyl (C=O) groups excluding carboxylic acids is 1. The van der Waals surface area contributed by atoms with Crippen molar-refractivity contribution in [1.82, 2.24) is 19.9 Å². The largest absolute Gasteiger partial charge is 0.349 e. The summed E-state index contributed by atoms with van der Waals surface area (Å²) >= 11 is 0. The highest BCUT2D eigenvalue weighted by atomic mass is 16.1. The Morgan fingerprint density at radius 3 is 2.75 bits per heavy atom. The Kier molecular flexibility index (Phi) is 4.06.